The molecule has 43 heavy (non-hydrogen) atoms. The maximum Gasteiger partial charge on any atom is 0.335 e. The molecule has 3 fully saturated rings. The van der Waals surface area contributed by atoms with Gasteiger partial charge in [0.1, 0.15) is 12.4 Å². The number of aromatic carboxylic acids is 1. The Balaban J connectivity index is 0.998. The predicted octanol–water partition coefficient (Wildman–Crippen LogP) is 5.07. The number of likely N-dealkylation sites (tertiary alicyclic amines) is 1. The van der Waals surface area contributed by atoms with E-state index in [2.05, 4.69) is 27.7 Å². The smallest absolute Gasteiger partial charge is 0.335 e. The lowest BCUT2D eigenvalue weighted by Gasteiger charge is -2.35. The second kappa shape index (κ2) is 10.1. The van der Waals surface area contributed by atoms with Crippen molar-refractivity contribution in [1.82, 2.24) is 14.5 Å². The van der Waals surface area contributed by atoms with Crippen LogP contribution in [0.2, 0.25) is 0 Å². The number of carboxylic acid groups (broad SMARTS) is 1. The number of carbonyl (C=O) groups is 1. The minimum atomic E-state index is -0.931. The van der Waals surface area contributed by atoms with E-state index < -0.39 is 5.97 Å². The van der Waals surface area contributed by atoms with Crippen LogP contribution in [0, 0.1) is 17.2 Å². The molecule has 1 saturated carbocycles. The molecule has 0 bridgehead atoms. The van der Waals surface area contributed by atoms with Gasteiger partial charge in [0.25, 0.3) is 0 Å². The summed E-state index contributed by atoms with van der Waals surface area (Å²) in [6.07, 6.45) is 3.10. The topological polar surface area (TPSA) is 110 Å². The number of rotatable bonds is 7. The Morgan fingerprint density at radius 1 is 1.16 bits per heavy atom. The van der Waals surface area contributed by atoms with Crippen LogP contribution >= 0.6 is 0 Å². The maximum absolute atomic E-state index is 11.7. The van der Waals surface area contributed by atoms with E-state index >= 15 is 0 Å². The molecule has 1 aliphatic carbocycles. The van der Waals surface area contributed by atoms with Crippen molar-refractivity contribution in [2.75, 3.05) is 26.3 Å². The average molecular weight is 577 g/mol. The molecule has 3 aromatic carbocycles. The average Bonchev–Trinajstić information content (AvgIpc) is 3.65. The highest BCUT2D eigenvalue weighted by atomic mass is 16.6. The lowest BCUT2D eigenvalue weighted by atomic mass is 9.86. The molecule has 218 valence electrons. The fraction of sp³-hybridized carbons (Fsp3) is 0.382. The van der Waals surface area contributed by atoms with Crippen LogP contribution in [0.4, 0.5) is 0 Å². The number of benzene rings is 3. The minimum absolute atomic E-state index is 0.1000. The van der Waals surface area contributed by atoms with Crippen molar-refractivity contribution in [3.05, 3.63) is 88.7 Å². The van der Waals surface area contributed by atoms with Gasteiger partial charge in [0, 0.05) is 24.1 Å². The summed E-state index contributed by atoms with van der Waals surface area (Å²) in [4.78, 5) is 19.1. The zero-order valence-corrected chi connectivity index (χ0v) is 23.7. The molecule has 3 aliphatic heterocycles. The SMILES string of the molecule is N#Cc1ccc([C@@H]2COc3c(cccc3C34CCN(Cc5nc6ccc(C(=O)O)cc6n5C[C@@H]5CCO5)CC3C4)O2)cc1. The maximum atomic E-state index is 11.7. The van der Waals surface area contributed by atoms with Gasteiger partial charge in [-0.1, -0.05) is 24.3 Å². The Morgan fingerprint density at radius 3 is 2.77 bits per heavy atom. The number of imidazole rings is 1. The van der Waals surface area contributed by atoms with E-state index in [9.17, 15) is 9.90 Å². The van der Waals surface area contributed by atoms with Gasteiger partial charge in [-0.3, -0.25) is 4.90 Å². The van der Waals surface area contributed by atoms with Crippen molar-refractivity contribution in [1.29, 1.82) is 5.26 Å². The van der Waals surface area contributed by atoms with Crippen LogP contribution < -0.4 is 9.47 Å². The molecule has 4 aliphatic rings. The molecule has 0 radical (unpaired) electrons. The first kappa shape index (κ1) is 26.3. The van der Waals surface area contributed by atoms with E-state index in [-0.39, 0.29) is 23.2 Å². The van der Waals surface area contributed by atoms with Crippen molar-refractivity contribution < 1.29 is 24.1 Å². The Labute approximate surface area is 249 Å². The fourth-order valence-corrected chi connectivity index (χ4v) is 7.19. The Morgan fingerprint density at radius 2 is 2.02 bits per heavy atom. The molecule has 1 aromatic heterocycles. The fourth-order valence-electron chi connectivity index (χ4n) is 7.19. The van der Waals surface area contributed by atoms with Gasteiger partial charge in [0.05, 0.1) is 47.4 Å². The van der Waals surface area contributed by atoms with Crippen molar-refractivity contribution in [2.24, 2.45) is 5.92 Å². The van der Waals surface area contributed by atoms with Gasteiger partial charge in [-0.05, 0) is 73.7 Å². The highest BCUT2D eigenvalue weighted by molar-refractivity contribution is 5.92. The molecule has 2 unspecified atom stereocenters. The third kappa shape index (κ3) is 4.53. The van der Waals surface area contributed by atoms with Gasteiger partial charge in [0.2, 0.25) is 0 Å². The zero-order valence-electron chi connectivity index (χ0n) is 23.7. The third-order valence-corrected chi connectivity index (χ3v) is 9.78. The van der Waals surface area contributed by atoms with Gasteiger partial charge in [-0.15, -0.1) is 0 Å². The monoisotopic (exact) mass is 576 g/mol. The number of piperidine rings is 1. The number of hydrogen-bond donors (Lipinski definition) is 1. The highest BCUT2D eigenvalue weighted by Gasteiger charge is 2.59. The van der Waals surface area contributed by atoms with Gasteiger partial charge in [-0.2, -0.15) is 5.26 Å². The second-order valence-electron chi connectivity index (χ2n) is 12.3. The molecule has 9 nitrogen and oxygen atoms in total. The van der Waals surface area contributed by atoms with Gasteiger partial charge in [0.15, 0.2) is 17.6 Å². The number of ether oxygens (including phenoxy) is 3. The molecule has 2 saturated heterocycles. The molecule has 4 aromatic rings. The second-order valence-corrected chi connectivity index (χ2v) is 12.3. The normalized spacial score (nSPS) is 25.9. The minimum Gasteiger partial charge on any atom is -0.485 e. The molecular formula is C34H32N4O5. The summed E-state index contributed by atoms with van der Waals surface area (Å²) in [6.45, 7) is 4.53. The first-order chi connectivity index (χ1) is 21.0. The predicted molar refractivity (Wildman–Crippen MR) is 157 cm³/mol. The van der Waals surface area contributed by atoms with E-state index in [1.165, 1.54) is 5.56 Å². The number of para-hydroxylation sites is 1. The largest absolute Gasteiger partial charge is 0.485 e. The van der Waals surface area contributed by atoms with E-state index in [0.717, 1.165) is 79.4 Å². The number of hydrogen-bond acceptors (Lipinski definition) is 7. The highest BCUT2D eigenvalue weighted by Crippen LogP contribution is 2.62. The Kier molecular flexibility index (Phi) is 6.17. The first-order valence-corrected chi connectivity index (χ1v) is 15.0. The number of nitriles is 1. The number of nitrogens with zero attached hydrogens (tertiary/aromatic N) is 4. The number of fused-ring (bicyclic) bond motifs is 3. The van der Waals surface area contributed by atoms with Crippen molar-refractivity contribution in [3.63, 3.8) is 0 Å². The summed E-state index contributed by atoms with van der Waals surface area (Å²) < 4.78 is 20.7. The molecule has 0 amide bonds. The van der Waals surface area contributed by atoms with Gasteiger partial charge < -0.3 is 23.9 Å². The van der Waals surface area contributed by atoms with Crippen molar-refractivity contribution in [2.45, 2.75) is 50.0 Å². The van der Waals surface area contributed by atoms with Crippen molar-refractivity contribution >= 4 is 17.0 Å². The lowest BCUT2D eigenvalue weighted by molar-refractivity contribution is -0.0592. The van der Waals surface area contributed by atoms with Crippen LogP contribution in [0.5, 0.6) is 11.5 Å². The summed E-state index contributed by atoms with van der Waals surface area (Å²) in [5.41, 5.74) is 4.94. The number of aromatic nitrogens is 2. The first-order valence-electron chi connectivity index (χ1n) is 15.0. The van der Waals surface area contributed by atoms with Crippen molar-refractivity contribution in [3.8, 4) is 17.6 Å². The summed E-state index contributed by atoms with van der Waals surface area (Å²) in [6, 6.07) is 21.1. The van der Waals surface area contributed by atoms with E-state index in [1.807, 2.05) is 36.4 Å². The summed E-state index contributed by atoms with van der Waals surface area (Å²) in [7, 11) is 0. The number of carboxylic acids is 1. The lowest BCUT2D eigenvalue weighted by Crippen LogP contribution is -2.37. The standard InChI is InChI=1S/C34H32N4O5/c35-16-21-4-6-22(7-5-21)30-20-42-32-26(2-1-3-29(32)43-30)34-11-12-37(17-24(34)15-34)19-31-36-27-9-8-23(33(39)40)14-28(27)38(31)18-25-10-13-41-25/h1-9,14,24-25,30H,10-13,15,17-20H2,(H,39,40)/t24?,25-,30-,34?/m0/s1. The zero-order chi connectivity index (χ0) is 29.1. The van der Waals surface area contributed by atoms with E-state index in [4.69, 9.17) is 24.5 Å². The molecule has 8 rings (SSSR count). The van der Waals surface area contributed by atoms with Crippen LogP contribution in [0.1, 0.15) is 58.2 Å². The van der Waals surface area contributed by atoms with Crippen LogP contribution in [-0.4, -0.2) is 57.9 Å². The quantitative estimate of drug-likeness (QED) is 0.325. The molecular weight excluding hydrogens is 544 g/mol. The van der Waals surface area contributed by atoms with Crippen LogP contribution in [0.25, 0.3) is 11.0 Å². The summed E-state index contributed by atoms with van der Waals surface area (Å²) in [5, 5.41) is 18.7. The molecule has 1 N–H and O–H groups in total. The molecule has 4 heterocycles. The molecule has 4 atom stereocenters. The van der Waals surface area contributed by atoms with Crippen LogP contribution in [0.15, 0.2) is 60.7 Å². The van der Waals surface area contributed by atoms with E-state index in [1.54, 1.807) is 12.1 Å². The van der Waals surface area contributed by atoms with Gasteiger partial charge in [-0.25, -0.2) is 9.78 Å². The van der Waals surface area contributed by atoms with Crippen LogP contribution in [-0.2, 0) is 23.2 Å². The van der Waals surface area contributed by atoms with Crippen LogP contribution in [0.3, 0.4) is 0 Å². The Hall–Kier alpha value is -4.39. The van der Waals surface area contributed by atoms with Gasteiger partial charge >= 0.3 is 5.97 Å². The van der Waals surface area contributed by atoms with E-state index in [0.29, 0.717) is 24.6 Å². The Bertz CT molecular complexity index is 1770. The molecule has 9 heteroatoms. The summed E-state index contributed by atoms with van der Waals surface area (Å²) >= 11 is 0. The third-order valence-electron chi connectivity index (χ3n) is 9.78. The molecule has 0 spiro atoms. The summed E-state index contributed by atoms with van der Waals surface area (Å²) in [5.74, 6) is 2.22.